The number of hydrogen-bond donors (Lipinski definition) is 1. The summed E-state index contributed by atoms with van der Waals surface area (Å²) < 4.78 is 25.8. The van der Waals surface area contributed by atoms with E-state index in [1.807, 2.05) is 0 Å². The summed E-state index contributed by atoms with van der Waals surface area (Å²) >= 11 is 0. The molecule has 0 bridgehead atoms. The van der Waals surface area contributed by atoms with E-state index in [0.717, 1.165) is 11.1 Å². The molecule has 1 aliphatic heterocycles. The van der Waals surface area contributed by atoms with Gasteiger partial charge < -0.3 is 10.2 Å². The second-order valence-corrected chi connectivity index (χ2v) is 6.78. The van der Waals surface area contributed by atoms with E-state index < -0.39 is 0 Å². The molecule has 0 unspecified atom stereocenters. The maximum absolute atomic E-state index is 12.9. The molecular weight excluding hydrogens is 350 g/mol. The van der Waals surface area contributed by atoms with Crippen LogP contribution in [0.25, 0.3) is 0 Å². The molecule has 1 saturated heterocycles. The van der Waals surface area contributed by atoms with Gasteiger partial charge in [0.25, 0.3) is 0 Å². The lowest BCUT2D eigenvalue weighted by Gasteiger charge is -2.16. The molecule has 2 amide bonds. The van der Waals surface area contributed by atoms with Gasteiger partial charge in [-0.25, -0.2) is 8.78 Å². The van der Waals surface area contributed by atoms with E-state index in [1.165, 1.54) is 24.3 Å². The molecule has 0 spiro atoms. The molecule has 0 radical (unpaired) electrons. The van der Waals surface area contributed by atoms with Crippen molar-refractivity contribution in [3.8, 4) is 0 Å². The van der Waals surface area contributed by atoms with Crippen LogP contribution in [0.4, 0.5) is 8.78 Å². The Morgan fingerprint density at radius 2 is 1.52 bits per heavy atom. The summed E-state index contributed by atoms with van der Waals surface area (Å²) in [6.07, 6.45) is 1.46. The molecule has 27 heavy (non-hydrogen) atoms. The van der Waals surface area contributed by atoms with E-state index in [1.54, 1.807) is 29.2 Å². The molecule has 2 aromatic rings. The van der Waals surface area contributed by atoms with Crippen LogP contribution in [0.2, 0.25) is 0 Å². The largest absolute Gasteiger partial charge is 0.355 e. The zero-order chi connectivity index (χ0) is 19.2. The Bertz CT molecular complexity index is 791. The van der Waals surface area contributed by atoms with Crippen LogP contribution in [0.15, 0.2) is 48.5 Å². The Hall–Kier alpha value is -2.76. The summed E-state index contributed by atoms with van der Waals surface area (Å²) in [4.78, 5) is 26.1. The fraction of sp³-hybridized carbons (Fsp3) is 0.333. The monoisotopic (exact) mass is 372 g/mol. The van der Waals surface area contributed by atoms with Crippen molar-refractivity contribution < 1.29 is 18.4 Å². The van der Waals surface area contributed by atoms with Gasteiger partial charge in [-0.1, -0.05) is 24.3 Å². The zero-order valence-electron chi connectivity index (χ0n) is 15.0. The molecule has 0 aliphatic carbocycles. The highest BCUT2D eigenvalue weighted by molar-refractivity contribution is 5.89. The van der Waals surface area contributed by atoms with Crippen molar-refractivity contribution in [2.24, 2.45) is 5.92 Å². The first-order valence-corrected chi connectivity index (χ1v) is 9.05. The normalized spacial score (nSPS) is 16.6. The van der Waals surface area contributed by atoms with Gasteiger partial charge >= 0.3 is 0 Å². The van der Waals surface area contributed by atoms with Crippen LogP contribution in [0.3, 0.4) is 0 Å². The van der Waals surface area contributed by atoms with Crippen molar-refractivity contribution in [1.29, 1.82) is 0 Å². The fourth-order valence-electron chi connectivity index (χ4n) is 3.20. The molecular formula is C21H22F2N2O2. The van der Waals surface area contributed by atoms with Gasteiger partial charge in [-0.15, -0.1) is 0 Å². The second-order valence-electron chi connectivity index (χ2n) is 6.78. The molecule has 1 fully saturated rings. The van der Waals surface area contributed by atoms with Gasteiger partial charge in [0.2, 0.25) is 11.8 Å². The molecule has 3 rings (SSSR count). The van der Waals surface area contributed by atoms with Gasteiger partial charge in [-0.3, -0.25) is 9.59 Å². The standard InChI is InChI=1S/C21H22F2N2O2/c22-18-5-1-15(2-6-18)9-11-24-21(27)17-13-20(26)25(14-17)12-10-16-3-7-19(23)8-4-16/h1-8,17H,9-14H2,(H,24,27)/t17-/m1/s1. The van der Waals surface area contributed by atoms with Crippen molar-refractivity contribution in [2.75, 3.05) is 19.6 Å². The maximum Gasteiger partial charge on any atom is 0.225 e. The third-order valence-corrected chi connectivity index (χ3v) is 4.80. The number of nitrogens with zero attached hydrogens (tertiary/aromatic N) is 1. The summed E-state index contributed by atoms with van der Waals surface area (Å²) in [6.45, 7) is 1.37. The molecule has 0 aromatic heterocycles. The SMILES string of the molecule is O=C(NCCc1ccc(F)cc1)[C@@H]1CC(=O)N(CCc2ccc(F)cc2)C1. The number of carbonyl (C=O) groups excluding carboxylic acids is 2. The summed E-state index contributed by atoms with van der Waals surface area (Å²) in [7, 11) is 0. The molecule has 1 N–H and O–H groups in total. The minimum atomic E-state index is -0.348. The van der Waals surface area contributed by atoms with Crippen molar-refractivity contribution >= 4 is 11.8 Å². The average Bonchev–Trinajstić information content (AvgIpc) is 3.04. The first-order chi connectivity index (χ1) is 13.0. The summed E-state index contributed by atoms with van der Waals surface area (Å²) in [5.74, 6) is -1.08. The van der Waals surface area contributed by atoms with Crippen LogP contribution >= 0.6 is 0 Å². The van der Waals surface area contributed by atoms with Crippen LogP contribution in [0.5, 0.6) is 0 Å². The Balaban J connectivity index is 1.42. The highest BCUT2D eigenvalue weighted by atomic mass is 19.1. The van der Waals surface area contributed by atoms with Gasteiger partial charge in [-0.2, -0.15) is 0 Å². The van der Waals surface area contributed by atoms with Gasteiger partial charge in [0.1, 0.15) is 11.6 Å². The van der Waals surface area contributed by atoms with E-state index in [9.17, 15) is 18.4 Å². The Morgan fingerprint density at radius 1 is 0.963 bits per heavy atom. The molecule has 6 heteroatoms. The fourth-order valence-corrected chi connectivity index (χ4v) is 3.20. The highest BCUT2D eigenvalue weighted by Crippen LogP contribution is 2.18. The second kappa shape index (κ2) is 8.75. The molecule has 1 aliphatic rings. The van der Waals surface area contributed by atoms with Crippen molar-refractivity contribution in [3.63, 3.8) is 0 Å². The molecule has 0 saturated carbocycles. The smallest absolute Gasteiger partial charge is 0.225 e. The minimum absolute atomic E-state index is 0.0317. The predicted molar refractivity (Wildman–Crippen MR) is 97.9 cm³/mol. The maximum atomic E-state index is 12.9. The van der Waals surface area contributed by atoms with Gasteiger partial charge in [0, 0.05) is 26.1 Å². The average molecular weight is 372 g/mol. The first kappa shape index (κ1) is 19.0. The van der Waals surface area contributed by atoms with Crippen molar-refractivity contribution in [3.05, 3.63) is 71.3 Å². The molecule has 1 heterocycles. The molecule has 1 atom stereocenters. The van der Waals surface area contributed by atoms with Crippen molar-refractivity contribution in [2.45, 2.75) is 19.3 Å². The molecule has 4 nitrogen and oxygen atoms in total. The van der Waals surface area contributed by atoms with Crippen LogP contribution in [-0.2, 0) is 22.4 Å². The van der Waals surface area contributed by atoms with Crippen LogP contribution < -0.4 is 5.32 Å². The number of hydrogen-bond acceptors (Lipinski definition) is 2. The number of nitrogens with one attached hydrogen (secondary N) is 1. The van der Waals surface area contributed by atoms with E-state index in [-0.39, 0.29) is 35.8 Å². The third-order valence-electron chi connectivity index (χ3n) is 4.80. The minimum Gasteiger partial charge on any atom is -0.355 e. The summed E-state index contributed by atoms with van der Waals surface area (Å²) in [5, 5.41) is 2.86. The van der Waals surface area contributed by atoms with Crippen LogP contribution in [0, 0.1) is 17.6 Å². The Morgan fingerprint density at radius 3 is 2.11 bits per heavy atom. The third kappa shape index (κ3) is 5.36. The van der Waals surface area contributed by atoms with Crippen molar-refractivity contribution in [1.82, 2.24) is 10.2 Å². The van der Waals surface area contributed by atoms with Crippen LogP contribution in [0.1, 0.15) is 17.5 Å². The lowest BCUT2D eigenvalue weighted by Crippen LogP contribution is -2.34. The topological polar surface area (TPSA) is 49.4 Å². The van der Waals surface area contributed by atoms with E-state index in [4.69, 9.17) is 0 Å². The number of halogens is 2. The quantitative estimate of drug-likeness (QED) is 0.813. The number of rotatable bonds is 7. The van der Waals surface area contributed by atoms with Crippen LogP contribution in [-0.4, -0.2) is 36.3 Å². The number of carbonyl (C=O) groups is 2. The molecule has 2 aromatic carbocycles. The van der Waals surface area contributed by atoms with E-state index in [0.29, 0.717) is 32.5 Å². The van der Waals surface area contributed by atoms with Gasteiger partial charge in [0.05, 0.1) is 5.92 Å². The van der Waals surface area contributed by atoms with E-state index >= 15 is 0 Å². The number of benzene rings is 2. The number of likely N-dealkylation sites (tertiary alicyclic amines) is 1. The summed E-state index contributed by atoms with van der Waals surface area (Å²) in [5.41, 5.74) is 1.90. The van der Waals surface area contributed by atoms with E-state index in [2.05, 4.69) is 5.32 Å². The lowest BCUT2D eigenvalue weighted by atomic mass is 10.1. The molecule has 142 valence electrons. The zero-order valence-corrected chi connectivity index (χ0v) is 15.0. The lowest BCUT2D eigenvalue weighted by molar-refractivity contribution is -0.129. The highest BCUT2D eigenvalue weighted by Gasteiger charge is 2.33. The Kier molecular flexibility index (Phi) is 6.16. The van der Waals surface area contributed by atoms with Gasteiger partial charge in [0.15, 0.2) is 0 Å². The first-order valence-electron chi connectivity index (χ1n) is 9.05. The predicted octanol–water partition coefficient (Wildman–Crippen LogP) is 2.71. The Labute approximate surface area is 157 Å². The number of amides is 2. The van der Waals surface area contributed by atoms with Gasteiger partial charge in [-0.05, 0) is 48.2 Å². The summed E-state index contributed by atoms with van der Waals surface area (Å²) in [6, 6.07) is 12.4.